The highest BCUT2D eigenvalue weighted by molar-refractivity contribution is 7.47. The Labute approximate surface area is 588 Å². The first-order valence-corrected chi connectivity index (χ1v) is 42.7. The van der Waals surface area contributed by atoms with Crippen molar-refractivity contribution in [1.29, 1.82) is 0 Å². The molecular formula is C77H150O17P2. The molecular weight excluding hydrogens is 1260 g/mol. The third kappa shape index (κ3) is 69.2. The van der Waals surface area contributed by atoms with Gasteiger partial charge in [-0.25, -0.2) is 9.13 Å². The number of unbranched alkanes of at least 4 members (excludes halogenated alkanes) is 39. The molecule has 0 saturated carbocycles. The Kier molecular flexibility index (Phi) is 65.0. The second kappa shape index (κ2) is 66.3. The summed E-state index contributed by atoms with van der Waals surface area (Å²) in [5.41, 5.74) is 0. The molecule has 570 valence electrons. The Morgan fingerprint density at radius 1 is 0.292 bits per heavy atom. The average molecular weight is 1410 g/mol. The molecule has 96 heavy (non-hydrogen) atoms. The second-order valence-corrected chi connectivity index (χ2v) is 32.3. The molecule has 0 aromatic rings. The zero-order chi connectivity index (χ0) is 71.0. The van der Waals surface area contributed by atoms with E-state index in [0.717, 1.165) is 114 Å². The maximum atomic E-state index is 13.1. The Hall–Kier alpha value is -1.94. The van der Waals surface area contributed by atoms with Crippen molar-refractivity contribution in [1.82, 2.24) is 0 Å². The van der Waals surface area contributed by atoms with E-state index in [9.17, 15) is 43.2 Å². The number of hydrogen-bond acceptors (Lipinski definition) is 15. The lowest BCUT2D eigenvalue weighted by atomic mass is 9.99. The van der Waals surface area contributed by atoms with Gasteiger partial charge in [-0.1, -0.05) is 338 Å². The number of carbonyl (C=O) groups excluding carboxylic acids is 4. The number of rotatable bonds is 74. The van der Waals surface area contributed by atoms with Gasteiger partial charge < -0.3 is 33.8 Å². The number of carbonyl (C=O) groups is 4. The molecule has 0 aliphatic heterocycles. The van der Waals surface area contributed by atoms with Crippen LogP contribution in [0.25, 0.3) is 0 Å². The number of ether oxygens (including phenoxy) is 4. The molecule has 6 atom stereocenters. The summed E-state index contributed by atoms with van der Waals surface area (Å²) in [7, 11) is -9.91. The molecule has 0 aromatic heterocycles. The minimum absolute atomic E-state index is 0.105. The van der Waals surface area contributed by atoms with Crippen LogP contribution in [-0.2, 0) is 65.4 Å². The summed E-state index contributed by atoms with van der Waals surface area (Å²) in [6, 6.07) is 0. The van der Waals surface area contributed by atoms with Crippen LogP contribution >= 0.6 is 15.6 Å². The third-order valence-electron chi connectivity index (χ3n) is 18.2. The van der Waals surface area contributed by atoms with E-state index in [-0.39, 0.29) is 25.7 Å². The summed E-state index contributed by atoms with van der Waals surface area (Å²) in [6.45, 7) is 14.2. The Morgan fingerprint density at radius 2 is 0.500 bits per heavy atom. The van der Waals surface area contributed by atoms with Crippen LogP contribution in [0.15, 0.2) is 0 Å². The highest BCUT2D eigenvalue weighted by atomic mass is 31.2. The Balaban J connectivity index is 5.18. The molecule has 0 bridgehead atoms. The number of hydrogen-bond donors (Lipinski definition) is 3. The Bertz CT molecular complexity index is 1890. The smallest absolute Gasteiger partial charge is 0.462 e. The zero-order valence-corrected chi connectivity index (χ0v) is 64.8. The van der Waals surface area contributed by atoms with Crippen molar-refractivity contribution in [3.63, 3.8) is 0 Å². The topological polar surface area (TPSA) is 237 Å². The molecule has 0 saturated heterocycles. The first-order chi connectivity index (χ1) is 46.1. The van der Waals surface area contributed by atoms with Crippen molar-refractivity contribution >= 4 is 39.5 Å². The summed E-state index contributed by atoms with van der Waals surface area (Å²) in [5, 5.41) is 10.6. The third-order valence-corrected chi connectivity index (χ3v) is 20.1. The molecule has 0 rings (SSSR count). The van der Waals surface area contributed by atoms with Crippen LogP contribution in [0.4, 0.5) is 0 Å². The van der Waals surface area contributed by atoms with Crippen molar-refractivity contribution < 1.29 is 80.2 Å². The lowest BCUT2D eigenvalue weighted by Crippen LogP contribution is -2.30. The van der Waals surface area contributed by atoms with Crippen LogP contribution in [0.3, 0.4) is 0 Å². The fourth-order valence-electron chi connectivity index (χ4n) is 11.7. The van der Waals surface area contributed by atoms with Crippen molar-refractivity contribution in [3.8, 4) is 0 Å². The first-order valence-electron chi connectivity index (χ1n) is 39.7. The summed E-state index contributed by atoms with van der Waals surface area (Å²) in [4.78, 5) is 72.8. The van der Waals surface area contributed by atoms with Gasteiger partial charge >= 0.3 is 39.5 Å². The zero-order valence-electron chi connectivity index (χ0n) is 63.0. The van der Waals surface area contributed by atoms with Crippen LogP contribution < -0.4 is 0 Å². The van der Waals surface area contributed by atoms with E-state index in [1.807, 2.05) is 0 Å². The number of aliphatic hydroxyl groups excluding tert-OH is 1. The summed E-state index contributed by atoms with van der Waals surface area (Å²) >= 11 is 0. The van der Waals surface area contributed by atoms with E-state index in [2.05, 4.69) is 55.4 Å². The predicted octanol–water partition coefficient (Wildman–Crippen LogP) is 22.4. The largest absolute Gasteiger partial charge is 0.472 e. The normalized spacial score (nSPS) is 14.4. The lowest BCUT2D eigenvalue weighted by Gasteiger charge is -2.21. The summed E-state index contributed by atoms with van der Waals surface area (Å²) in [5.74, 6) is 0.927. The molecule has 4 unspecified atom stereocenters. The van der Waals surface area contributed by atoms with Gasteiger partial charge in [-0.15, -0.1) is 0 Å². The van der Waals surface area contributed by atoms with Gasteiger partial charge in [0.25, 0.3) is 0 Å². The van der Waals surface area contributed by atoms with Gasteiger partial charge in [-0.3, -0.25) is 37.3 Å². The quantitative estimate of drug-likeness (QED) is 0.0222. The Morgan fingerprint density at radius 3 is 0.740 bits per heavy atom. The molecule has 0 spiro atoms. The fraction of sp³-hybridized carbons (Fsp3) is 0.948. The molecule has 0 aromatic carbocycles. The minimum atomic E-state index is -4.96. The maximum absolute atomic E-state index is 13.1. The molecule has 0 radical (unpaired) electrons. The van der Waals surface area contributed by atoms with Gasteiger partial charge in [0.05, 0.1) is 26.4 Å². The fourth-order valence-corrected chi connectivity index (χ4v) is 13.3. The van der Waals surface area contributed by atoms with Crippen molar-refractivity contribution in [3.05, 3.63) is 0 Å². The minimum Gasteiger partial charge on any atom is -0.462 e. The summed E-state index contributed by atoms with van der Waals surface area (Å²) in [6.07, 6.45) is 51.5. The van der Waals surface area contributed by atoms with E-state index < -0.39 is 97.5 Å². The molecule has 0 amide bonds. The van der Waals surface area contributed by atoms with Crippen LogP contribution in [0.5, 0.6) is 0 Å². The average Bonchev–Trinajstić information content (AvgIpc) is 2.75. The van der Waals surface area contributed by atoms with Crippen molar-refractivity contribution in [2.24, 2.45) is 23.7 Å². The number of esters is 4. The molecule has 0 aliphatic rings. The van der Waals surface area contributed by atoms with E-state index in [4.69, 9.17) is 37.0 Å². The number of phosphoric ester groups is 2. The lowest BCUT2D eigenvalue weighted by molar-refractivity contribution is -0.161. The van der Waals surface area contributed by atoms with E-state index in [0.29, 0.717) is 31.6 Å². The standard InChI is InChI=1S/C77H150O17P2/c1-9-70(8)56-48-40-32-26-27-35-44-52-60-77(82)94-72(63-87-74(79)57-49-41-33-24-19-17-15-13-11-10-12-14-16-18-22-29-37-45-53-67(2)3)65-91-95(83,84)89-61-71(78)62-90-96(85,86)92-66-73(64-88-75(80)58-50-42-36-28-31-39-47-55-69(6)7)93-76(81)59-51-43-34-25-21-20-23-30-38-46-54-68(4)5/h67-73,78H,9-66H2,1-8H3,(H,83,84)(H,85,86)/t70?,71?,72-,73-/m1/s1. The number of aliphatic hydroxyl groups is 1. The van der Waals surface area contributed by atoms with Gasteiger partial charge in [0.1, 0.15) is 19.3 Å². The number of phosphoric acid groups is 2. The van der Waals surface area contributed by atoms with Gasteiger partial charge in [-0.2, -0.15) is 0 Å². The van der Waals surface area contributed by atoms with Gasteiger partial charge in [0.2, 0.25) is 0 Å². The molecule has 0 fully saturated rings. The van der Waals surface area contributed by atoms with Crippen molar-refractivity contribution in [2.45, 2.75) is 408 Å². The van der Waals surface area contributed by atoms with E-state index in [1.54, 1.807) is 0 Å². The monoisotopic (exact) mass is 1410 g/mol. The molecule has 19 heteroatoms. The van der Waals surface area contributed by atoms with Crippen LogP contribution in [-0.4, -0.2) is 96.7 Å². The van der Waals surface area contributed by atoms with Crippen LogP contribution in [0, 0.1) is 23.7 Å². The predicted molar refractivity (Wildman–Crippen MR) is 391 cm³/mol. The second-order valence-electron chi connectivity index (χ2n) is 29.4. The molecule has 0 heterocycles. The molecule has 3 N–H and O–H groups in total. The highest BCUT2D eigenvalue weighted by Gasteiger charge is 2.30. The molecule has 17 nitrogen and oxygen atoms in total. The van der Waals surface area contributed by atoms with Gasteiger partial charge in [0, 0.05) is 25.7 Å². The maximum Gasteiger partial charge on any atom is 0.472 e. The van der Waals surface area contributed by atoms with Crippen LogP contribution in [0.2, 0.25) is 0 Å². The highest BCUT2D eigenvalue weighted by Crippen LogP contribution is 2.45. The van der Waals surface area contributed by atoms with Gasteiger partial charge in [-0.05, 0) is 49.4 Å². The van der Waals surface area contributed by atoms with E-state index >= 15 is 0 Å². The van der Waals surface area contributed by atoms with Gasteiger partial charge in [0.15, 0.2) is 12.2 Å². The summed E-state index contributed by atoms with van der Waals surface area (Å²) < 4.78 is 68.5. The van der Waals surface area contributed by atoms with Crippen molar-refractivity contribution in [2.75, 3.05) is 39.6 Å². The first kappa shape index (κ1) is 94.1. The van der Waals surface area contributed by atoms with E-state index in [1.165, 1.54) is 186 Å². The SMILES string of the molecule is CCC(C)CCCCCCCCCCC(=O)O[C@H](COC(=O)CCCCCCCCCCCCCCCCCCCCC(C)C)COP(=O)(O)OCC(O)COP(=O)(O)OC[C@@H](COC(=O)CCCCCCCCCC(C)C)OC(=O)CCCCCCCCCCCCC(C)C. The molecule has 0 aliphatic carbocycles. The van der Waals surface area contributed by atoms with Crippen LogP contribution in [0.1, 0.15) is 389 Å².